The highest BCUT2D eigenvalue weighted by Crippen LogP contribution is 1.81. The summed E-state index contributed by atoms with van der Waals surface area (Å²) in [6.07, 6.45) is 4.08. The molecule has 0 heterocycles. The van der Waals surface area contributed by atoms with Crippen LogP contribution in [0.2, 0.25) is 0 Å². The molecule has 0 aromatic carbocycles. The SMILES string of the molecule is CC(C)C.CC(C)C.COC.CSC. The highest BCUT2D eigenvalue weighted by molar-refractivity contribution is 7.97. The van der Waals surface area contributed by atoms with Gasteiger partial charge in [0.2, 0.25) is 0 Å². The summed E-state index contributed by atoms with van der Waals surface area (Å²) >= 11 is 1.75. The van der Waals surface area contributed by atoms with Crippen LogP contribution in [-0.2, 0) is 4.74 Å². The van der Waals surface area contributed by atoms with Crippen molar-refractivity contribution in [2.24, 2.45) is 11.8 Å². The number of methoxy groups -OCH3 is 1. The minimum Gasteiger partial charge on any atom is -0.388 e. The molecule has 92 valence electrons. The van der Waals surface area contributed by atoms with Crippen molar-refractivity contribution in [2.45, 2.75) is 41.5 Å². The van der Waals surface area contributed by atoms with E-state index in [9.17, 15) is 0 Å². The summed E-state index contributed by atoms with van der Waals surface area (Å²) in [5, 5.41) is 0. The van der Waals surface area contributed by atoms with Crippen LogP contribution in [0.5, 0.6) is 0 Å². The van der Waals surface area contributed by atoms with Gasteiger partial charge in [-0.15, -0.1) is 0 Å². The van der Waals surface area contributed by atoms with Crippen molar-refractivity contribution in [1.82, 2.24) is 0 Å². The lowest BCUT2D eigenvalue weighted by Crippen LogP contribution is -1.66. The van der Waals surface area contributed by atoms with Crippen LogP contribution in [0, 0.1) is 11.8 Å². The fourth-order valence-corrected chi connectivity index (χ4v) is 0. The van der Waals surface area contributed by atoms with Crippen molar-refractivity contribution in [3.05, 3.63) is 0 Å². The minimum atomic E-state index is 0.833. The largest absolute Gasteiger partial charge is 0.388 e. The number of hydrogen-bond donors (Lipinski definition) is 0. The fraction of sp³-hybridized carbons (Fsp3) is 1.00. The third kappa shape index (κ3) is 16400. The first-order chi connectivity index (χ1) is 6.29. The molecule has 0 aromatic heterocycles. The van der Waals surface area contributed by atoms with Crippen LogP contribution < -0.4 is 0 Å². The van der Waals surface area contributed by atoms with Gasteiger partial charge in [-0.05, 0) is 24.3 Å². The molecule has 0 atom stereocenters. The lowest BCUT2D eigenvalue weighted by molar-refractivity contribution is 0.277. The molecule has 0 N–H and O–H groups in total. The Hall–Kier alpha value is 0.310. The molecule has 0 aliphatic rings. The Morgan fingerprint density at radius 1 is 0.714 bits per heavy atom. The Morgan fingerprint density at radius 3 is 0.714 bits per heavy atom. The molecule has 1 nitrogen and oxygen atoms in total. The van der Waals surface area contributed by atoms with E-state index >= 15 is 0 Å². The van der Waals surface area contributed by atoms with Crippen LogP contribution in [0.1, 0.15) is 41.5 Å². The van der Waals surface area contributed by atoms with Gasteiger partial charge in [0.1, 0.15) is 0 Å². The molecule has 0 saturated carbocycles. The number of thioether (sulfide) groups is 1. The molecule has 0 bridgehead atoms. The zero-order valence-corrected chi connectivity index (χ0v) is 12.8. The Kier molecular flexibility index (Phi) is 49.8. The van der Waals surface area contributed by atoms with E-state index in [2.05, 4.69) is 46.3 Å². The average Bonchev–Trinajstić information content (AvgIpc) is 1.85. The fourth-order valence-electron chi connectivity index (χ4n) is 0. The number of hydrogen-bond acceptors (Lipinski definition) is 2. The van der Waals surface area contributed by atoms with Crippen LogP contribution in [0.25, 0.3) is 0 Å². The number of ether oxygens (including phenoxy) is 1. The van der Waals surface area contributed by atoms with Crippen molar-refractivity contribution < 1.29 is 4.74 Å². The molecule has 0 aliphatic heterocycles. The highest BCUT2D eigenvalue weighted by Gasteiger charge is 1.68. The summed E-state index contributed by atoms with van der Waals surface area (Å²) in [6, 6.07) is 0. The van der Waals surface area contributed by atoms with Crippen molar-refractivity contribution in [2.75, 3.05) is 26.7 Å². The topological polar surface area (TPSA) is 9.23 Å². The average molecular weight is 224 g/mol. The van der Waals surface area contributed by atoms with E-state index in [1.54, 1.807) is 26.0 Å². The molecule has 2 heteroatoms. The van der Waals surface area contributed by atoms with Gasteiger partial charge in [0.25, 0.3) is 0 Å². The standard InChI is InChI=1S/2C4H10.C2H6O.C2H6S/c2*1-4(2)3;2*1-3-2/h2*4H,1-3H3;2*1-2H3. The van der Waals surface area contributed by atoms with Crippen LogP contribution in [-0.4, -0.2) is 26.7 Å². The molecule has 0 radical (unpaired) electrons. The van der Waals surface area contributed by atoms with Gasteiger partial charge in [-0.1, -0.05) is 41.5 Å². The van der Waals surface area contributed by atoms with E-state index in [4.69, 9.17) is 0 Å². The summed E-state index contributed by atoms with van der Waals surface area (Å²) in [5.41, 5.74) is 0. The first kappa shape index (κ1) is 23.8. The molecule has 14 heavy (non-hydrogen) atoms. The van der Waals surface area contributed by atoms with Crippen LogP contribution in [0.3, 0.4) is 0 Å². The Bertz CT molecular complexity index is 40.8. The quantitative estimate of drug-likeness (QED) is 0.596. The van der Waals surface area contributed by atoms with Gasteiger partial charge in [-0.25, -0.2) is 0 Å². The van der Waals surface area contributed by atoms with Gasteiger partial charge in [0, 0.05) is 14.2 Å². The Labute approximate surface area is 97.0 Å². The molecule has 0 unspecified atom stereocenters. The minimum absolute atomic E-state index is 0.833. The van der Waals surface area contributed by atoms with Gasteiger partial charge >= 0.3 is 0 Å². The third-order valence-electron chi connectivity index (χ3n) is 0. The summed E-state index contributed by atoms with van der Waals surface area (Å²) < 4.78 is 4.25. The summed E-state index contributed by atoms with van der Waals surface area (Å²) in [4.78, 5) is 0. The van der Waals surface area contributed by atoms with Gasteiger partial charge < -0.3 is 4.74 Å². The molecule has 0 rings (SSSR count). The second-order valence-corrected chi connectivity index (χ2v) is 5.10. The van der Waals surface area contributed by atoms with Crippen molar-refractivity contribution >= 4 is 11.8 Å². The van der Waals surface area contributed by atoms with E-state index < -0.39 is 0 Å². The van der Waals surface area contributed by atoms with E-state index in [1.165, 1.54) is 0 Å². The Balaban J connectivity index is -0.0000000482. The van der Waals surface area contributed by atoms with Crippen molar-refractivity contribution in [3.63, 3.8) is 0 Å². The lowest BCUT2D eigenvalue weighted by atomic mass is 10.3. The maximum absolute atomic E-state index is 4.25. The molecule has 0 aromatic rings. The molecular formula is C12H32OS. The van der Waals surface area contributed by atoms with Gasteiger partial charge in [0.05, 0.1) is 0 Å². The van der Waals surface area contributed by atoms with E-state index in [0.717, 1.165) is 11.8 Å². The molecular weight excluding hydrogens is 192 g/mol. The molecule has 0 saturated heterocycles. The van der Waals surface area contributed by atoms with Gasteiger partial charge in [-0.3, -0.25) is 0 Å². The van der Waals surface area contributed by atoms with Crippen LogP contribution in [0.4, 0.5) is 0 Å². The number of rotatable bonds is 0. The van der Waals surface area contributed by atoms with Crippen LogP contribution >= 0.6 is 11.8 Å². The second-order valence-electron chi connectivity index (χ2n) is 4.28. The van der Waals surface area contributed by atoms with E-state index in [-0.39, 0.29) is 0 Å². The second kappa shape index (κ2) is 29.2. The van der Waals surface area contributed by atoms with Crippen molar-refractivity contribution in [3.8, 4) is 0 Å². The first-order valence-electron chi connectivity index (χ1n) is 5.10. The van der Waals surface area contributed by atoms with Crippen LogP contribution in [0.15, 0.2) is 0 Å². The first-order valence-corrected chi connectivity index (χ1v) is 6.73. The maximum Gasteiger partial charge on any atom is 0.0351 e. The molecule has 0 aliphatic carbocycles. The normalized spacial score (nSPS) is 7.71. The molecule has 0 amide bonds. The van der Waals surface area contributed by atoms with Gasteiger partial charge in [0.15, 0.2) is 0 Å². The molecule has 0 fully saturated rings. The van der Waals surface area contributed by atoms with E-state index in [1.807, 2.05) is 12.5 Å². The zero-order chi connectivity index (χ0) is 12.6. The Morgan fingerprint density at radius 2 is 0.714 bits per heavy atom. The zero-order valence-electron chi connectivity index (χ0n) is 12.0. The summed E-state index contributed by atoms with van der Waals surface area (Å²) in [6.45, 7) is 13.0. The molecule has 0 spiro atoms. The summed E-state index contributed by atoms with van der Waals surface area (Å²) in [7, 11) is 3.25. The predicted molar refractivity (Wildman–Crippen MR) is 73.4 cm³/mol. The highest BCUT2D eigenvalue weighted by atomic mass is 32.2. The van der Waals surface area contributed by atoms with Crippen molar-refractivity contribution in [1.29, 1.82) is 0 Å². The summed E-state index contributed by atoms with van der Waals surface area (Å²) in [5.74, 6) is 1.67. The monoisotopic (exact) mass is 224 g/mol. The smallest absolute Gasteiger partial charge is 0.0351 e. The van der Waals surface area contributed by atoms with E-state index in [0.29, 0.717) is 0 Å². The lowest BCUT2D eigenvalue weighted by Gasteiger charge is -1.79. The maximum atomic E-state index is 4.25. The third-order valence-corrected chi connectivity index (χ3v) is 0. The van der Waals surface area contributed by atoms with Gasteiger partial charge in [-0.2, -0.15) is 11.8 Å². The predicted octanol–water partition coefficient (Wildman–Crippen LogP) is 4.57.